The lowest BCUT2D eigenvalue weighted by molar-refractivity contribution is -0.149. The maximum absolute atomic E-state index is 12.1. The first-order valence-electron chi connectivity index (χ1n) is 6.62. The highest BCUT2D eigenvalue weighted by Gasteiger charge is 2.26. The first-order chi connectivity index (χ1) is 9.19. The van der Waals surface area contributed by atoms with Gasteiger partial charge in [0.1, 0.15) is 5.92 Å². The summed E-state index contributed by atoms with van der Waals surface area (Å²) in [5.74, 6) is -1.49. The number of methoxy groups -OCH3 is 1. The number of unbranched alkanes of at least 4 members (excludes halogenated alkanes) is 2. The third-order valence-electron chi connectivity index (χ3n) is 2.94. The molecule has 1 amide bonds. The minimum absolute atomic E-state index is 0.297. The number of esters is 1. The van der Waals surface area contributed by atoms with Crippen molar-refractivity contribution in [3.8, 4) is 0 Å². The Balaban J connectivity index is 2.63. The quantitative estimate of drug-likeness (QED) is 0.467. The zero-order chi connectivity index (χ0) is 14.1. The first kappa shape index (κ1) is 15.2. The smallest absolute Gasteiger partial charge is 0.318 e. The zero-order valence-corrected chi connectivity index (χ0v) is 11.5. The van der Waals surface area contributed by atoms with Crippen molar-refractivity contribution in [1.29, 1.82) is 0 Å². The van der Waals surface area contributed by atoms with Gasteiger partial charge in [0.15, 0.2) is 0 Å². The maximum Gasteiger partial charge on any atom is 0.318 e. The second-order valence-electron chi connectivity index (χ2n) is 4.43. The number of ether oxygens (including phenoxy) is 1. The predicted molar refractivity (Wildman–Crippen MR) is 74.7 cm³/mol. The molecule has 0 saturated carbocycles. The Hall–Kier alpha value is -1.84. The van der Waals surface area contributed by atoms with Gasteiger partial charge < -0.3 is 10.1 Å². The zero-order valence-electron chi connectivity index (χ0n) is 11.5. The van der Waals surface area contributed by atoms with E-state index in [0.717, 1.165) is 19.3 Å². The SMILES string of the molecule is CCCCCC(C(=O)Nc1ccccc1)C(=O)OC. The van der Waals surface area contributed by atoms with Crippen LogP contribution in [0.3, 0.4) is 0 Å². The normalized spacial score (nSPS) is 11.7. The van der Waals surface area contributed by atoms with Gasteiger partial charge in [-0.2, -0.15) is 0 Å². The number of hydrogen-bond donors (Lipinski definition) is 1. The van der Waals surface area contributed by atoms with E-state index in [2.05, 4.69) is 12.2 Å². The van der Waals surface area contributed by atoms with E-state index in [1.165, 1.54) is 7.11 Å². The minimum atomic E-state index is -0.725. The van der Waals surface area contributed by atoms with Crippen molar-refractivity contribution in [1.82, 2.24) is 0 Å². The van der Waals surface area contributed by atoms with Crippen molar-refractivity contribution in [3.05, 3.63) is 30.3 Å². The largest absolute Gasteiger partial charge is 0.468 e. The highest BCUT2D eigenvalue weighted by Crippen LogP contribution is 2.15. The molecule has 0 spiro atoms. The van der Waals surface area contributed by atoms with Crippen molar-refractivity contribution in [3.63, 3.8) is 0 Å². The van der Waals surface area contributed by atoms with Crippen LogP contribution in [0.15, 0.2) is 30.3 Å². The van der Waals surface area contributed by atoms with Crippen LogP contribution in [0, 0.1) is 5.92 Å². The molecule has 19 heavy (non-hydrogen) atoms. The molecule has 0 fully saturated rings. The number of carbonyl (C=O) groups excluding carboxylic acids is 2. The third kappa shape index (κ3) is 5.12. The topological polar surface area (TPSA) is 55.4 Å². The van der Waals surface area contributed by atoms with Crippen LogP contribution in [0.4, 0.5) is 5.69 Å². The van der Waals surface area contributed by atoms with Gasteiger partial charge in [-0.3, -0.25) is 9.59 Å². The highest BCUT2D eigenvalue weighted by atomic mass is 16.5. The summed E-state index contributed by atoms with van der Waals surface area (Å²) in [6, 6.07) is 9.12. The van der Waals surface area contributed by atoms with Crippen LogP contribution in [0.1, 0.15) is 32.6 Å². The molecule has 4 nitrogen and oxygen atoms in total. The van der Waals surface area contributed by atoms with Gasteiger partial charge in [-0.25, -0.2) is 0 Å². The second kappa shape index (κ2) is 8.29. The van der Waals surface area contributed by atoms with Gasteiger partial charge in [0, 0.05) is 5.69 Å². The molecule has 1 rings (SSSR count). The summed E-state index contributed by atoms with van der Waals surface area (Å²) in [4.78, 5) is 23.8. The van der Waals surface area contributed by atoms with Crippen molar-refractivity contribution >= 4 is 17.6 Å². The Morgan fingerprint density at radius 3 is 2.47 bits per heavy atom. The molecule has 1 aromatic rings. The number of benzene rings is 1. The van der Waals surface area contributed by atoms with Gasteiger partial charge in [-0.05, 0) is 18.6 Å². The average Bonchev–Trinajstić information content (AvgIpc) is 2.44. The molecule has 0 bridgehead atoms. The van der Waals surface area contributed by atoms with Crippen LogP contribution >= 0.6 is 0 Å². The summed E-state index contributed by atoms with van der Waals surface area (Å²) in [5.41, 5.74) is 0.692. The summed E-state index contributed by atoms with van der Waals surface area (Å²) >= 11 is 0. The summed E-state index contributed by atoms with van der Waals surface area (Å²) < 4.78 is 4.70. The molecule has 1 atom stereocenters. The van der Waals surface area contributed by atoms with Gasteiger partial charge in [0.2, 0.25) is 5.91 Å². The molecule has 0 aliphatic heterocycles. The highest BCUT2D eigenvalue weighted by molar-refractivity contribution is 6.04. The van der Waals surface area contributed by atoms with Crippen LogP contribution in [0.25, 0.3) is 0 Å². The van der Waals surface area contributed by atoms with E-state index in [9.17, 15) is 9.59 Å². The summed E-state index contributed by atoms with van der Waals surface area (Å²) in [6.07, 6.45) is 3.43. The third-order valence-corrected chi connectivity index (χ3v) is 2.94. The second-order valence-corrected chi connectivity index (χ2v) is 4.43. The molecule has 1 unspecified atom stereocenters. The fourth-order valence-corrected chi connectivity index (χ4v) is 1.85. The van der Waals surface area contributed by atoms with Crippen molar-refractivity contribution in [2.75, 3.05) is 12.4 Å². The van der Waals surface area contributed by atoms with Gasteiger partial charge in [-0.15, -0.1) is 0 Å². The summed E-state index contributed by atoms with van der Waals surface area (Å²) in [7, 11) is 1.31. The summed E-state index contributed by atoms with van der Waals surface area (Å²) in [5, 5.41) is 2.74. The van der Waals surface area contributed by atoms with Crippen LogP contribution < -0.4 is 5.32 Å². The van der Waals surface area contributed by atoms with Gasteiger partial charge in [0.05, 0.1) is 7.11 Å². The van der Waals surface area contributed by atoms with E-state index in [0.29, 0.717) is 12.1 Å². The van der Waals surface area contributed by atoms with E-state index < -0.39 is 11.9 Å². The monoisotopic (exact) mass is 263 g/mol. The van der Waals surface area contributed by atoms with Gasteiger partial charge >= 0.3 is 5.97 Å². The number of nitrogens with one attached hydrogen (secondary N) is 1. The predicted octanol–water partition coefficient (Wildman–Crippen LogP) is 2.99. The molecule has 4 heteroatoms. The Labute approximate surface area is 114 Å². The lowest BCUT2D eigenvalue weighted by Crippen LogP contribution is -2.30. The molecule has 1 N–H and O–H groups in total. The van der Waals surface area contributed by atoms with Gasteiger partial charge in [0.25, 0.3) is 0 Å². The standard InChI is InChI=1S/C15H21NO3/c1-3-4-6-11-13(15(18)19-2)14(17)16-12-9-7-5-8-10-12/h5,7-10,13H,3-4,6,11H2,1-2H3,(H,16,17). The Morgan fingerprint density at radius 2 is 1.89 bits per heavy atom. The Kier molecular flexibility index (Phi) is 6.64. The fraction of sp³-hybridized carbons (Fsp3) is 0.467. The Bertz CT molecular complexity index is 403. The molecule has 1 aromatic carbocycles. The van der Waals surface area contributed by atoms with E-state index in [1.807, 2.05) is 18.2 Å². The van der Waals surface area contributed by atoms with E-state index in [1.54, 1.807) is 12.1 Å². The van der Waals surface area contributed by atoms with E-state index >= 15 is 0 Å². The molecule has 0 saturated heterocycles. The summed E-state index contributed by atoms with van der Waals surface area (Å²) in [6.45, 7) is 2.08. The molecule has 0 aliphatic carbocycles. The maximum atomic E-state index is 12.1. The first-order valence-corrected chi connectivity index (χ1v) is 6.62. The van der Waals surface area contributed by atoms with Crippen molar-refractivity contribution in [2.24, 2.45) is 5.92 Å². The fourth-order valence-electron chi connectivity index (χ4n) is 1.85. The van der Waals surface area contributed by atoms with E-state index in [-0.39, 0.29) is 5.91 Å². The molecule has 0 radical (unpaired) electrons. The van der Waals surface area contributed by atoms with Crippen molar-refractivity contribution < 1.29 is 14.3 Å². The lowest BCUT2D eigenvalue weighted by atomic mass is 10.0. The minimum Gasteiger partial charge on any atom is -0.468 e. The average molecular weight is 263 g/mol. The lowest BCUT2D eigenvalue weighted by Gasteiger charge is -2.14. The number of carbonyl (C=O) groups is 2. The molecule has 104 valence electrons. The van der Waals surface area contributed by atoms with Crippen LogP contribution in [0.2, 0.25) is 0 Å². The van der Waals surface area contributed by atoms with Crippen LogP contribution in [-0.2, 0) is 14.3 Å². The number of rotatable bonds is 7. The number of hydrogen-bond acceptors (Lipinski definition) is 3. The van der Waals surface area contributed by atoms with Gasteiger partial charge in [-0.1, -0.05) is 44.4 Å². The van der Waals surface area contributed by atoms with Crippen LogP contribution in [-0.4, -0.2) is 19.0 Å². The Morgan fingerprint density at radius 1 is 1.21 bits per heavy atom. The number of para-hydroxylation sites is 1. The molecule has 0 aliphatic rings. The van der Waals surface area contributed by atoms with Crippen molar-refractivity contribution in [2.45, 2.75) is 32.6 Å². The molecular formula is C15H21NO3. The molecule has 0 heterocycles. The molecule has 0 aromatic heterocycles. The van der Waals surface area contributed by atoms with E-state index in [4.69, 9.17) is 4.74 Å². The molecular weight excluding hydrogens is 242 g/mol. The van der Waals surface area contributed by atoms with Crippen LogP contribution in [0.5, 0.6) is 0 Å². The number of anilines is 1. The number of amides is 1.